The summed E-state index contributed by atoms with van der Waals surface area (Å²) in [6.45, 7) is -0.324. The van der Waals surface area contributed by atoms with E-state index < -0.39 is 18.3 Å². The van der Waals surface area contributed by atoms with Gasteiger partial charge in [-0.15, -0.1) is 0 Å². The molecule has 0 bridgehead atoms. The van der Waals surface area contributed by atoms with Crippen molar-refractivity contribution in [3.8, 4) is 5.75 Å². The molecule has 2 rings (SSSR count). The van der Waals surface area contributed by atoms with Crippen molar-refractivity contribution in [2.45, 2.75) is 12.3 Å². The Morgan fingerprint density at radius 3 is 2.73 bits per heavy atom. The van der Waals surface area contributed by atoms with E-state index in [1.165, 1.54) is 0 Å². The molecular weight excluding hydrogens is 292 g/mol. The molecule has 0 saturated carbocycles. The number of benzene rings is 2. The Morgan fingerprint density at radius 2 is 2.09 bits per heavy atom. The van der Waals surface area contributed by atoms with Gasteiger partial charge in [-0.3, -0.25) is 4.79 Å². The lowest BCUT2D eigenvalue weighted by Crippen LogP contribution is -2.34. The average Bonchev–Trinajstić information content (AvgIpc) is 2.54. The van der Waals surface area contributed by atoms with E-state index in [0.29, 0.717) is 5.75 Å². The number of alkyl halides is 2. The van der Waals surface area contributed by atoms with Gasteiger partial charge < -0.3 is 15.2 Å². The molecule has 2 aromatic rings. The summed E-state index contributed by atoms with van der Waals surface area (Å²) in [4.78, 5) is 11.0. The van der Waals surface area contributed by atoms with Crippen molar-refractivity contribution < 1.29 is 23.4 Å². The van der Waals surface area contributed by atoms with Gasteiger partial charge in [0.15, 0.2) is 0 Å². The fraction of sp³-hybridized carbons (Fsp3) is 0.312. The summed E-state index contributed by atoms with van der Waals surface area (Å²) in [5, 5.41) is 13.5. The number of nitrogens with one attached hydrogen (secondary N) is 1. The minimum Gasteiger partial charge on any atom is -0.497 e. The van der Waals surface area contributed by atoms with Crippen LogP contribution >= 0.6 is 0 Å². The summed E-state index contributed by atoms with van der Waals surface area (Å²) in [6.07, 6.45) is -3.06. The molecule has 0 radical (unpaired) electrons. The van der Waals surface area contributed by atoms with E-state index in [-0.39, 0.29) is 13.2 Å². The van der Waals surface area contributed by atoms with Crippen LogP contribution in [0.15, 0.2) is 36.4 Å². The number of carbonyl (C=O) groups excluding carboxylic acids is 1. The van der Waals surface area contributed by atoms with Crippen molar-refractivity contribution in [2.24, 2.45) is 0 Å². The molecule has 22 heavy (non-hydrogen) atoms. The van der Waals surface area contributed by atoms with E-state index in [0.717, 1.165) is 16.3 Å². The molecule has 2 aromatic carbocycles. The van der Waals surface area contributed by atoms with Crippen molar-refractivity contribution in [3.05, 3.63) is 42.0 Å². The second-order valence-electron chi connectivity index (χ2n) is 4.86. The highest BCUT2D eigenvalue weighted by atomic mass is 19.3. The number of ether oxygens (including phenoxy) is 1. The summed E-state index contributed by atoms with van der Waals surface area (Å²) >= 11 is 0. The van der Waals surface area contributed by atoms with Crippen molar-refractivity contribution in [1.29, 1.82) is 0 Å². The first-order valence-electron chi connectivity index (χ1n) is 6.80. The van der Waals surface area contributed by atoms with Gasteiger partial charge >= 0.3 is 6.43 Å². The van der Waals surface area contributed by atoms with E-state index in [1.807, 2.05) is 30.3 Å². The van der Waals surface area contributed by atoms with Crippen LogP contribution in [0.3, 0.4) is 0 Å². The first-order valence-corrected chi connectivity index (χ1v) is 6.80. The van der Waals surface area contributed by atoms with Gasteiger partial charge in [-0.05, 0) is 28.5 Å². The predicted octanol–water partition coefficient (Wildman–Crippen LogP) is 2.31. The summed E-state index contributed by atoms with van der Waals surface area (Å²) in [6, 6.07) is 11.0. The average molecular weight is 309 g/mol. The van der Waals surface area contributed by atoms with Gasteiger partial charge in [0, 0.05) is 12.5 Å². The fourth-order valence-corrected chi connectivity index (χ4v) is 2.33. The molecule has 0 aromatic heterocycles. The van der Waals surface area contributed by atoms with Gasteiger partial charge in [-0.1, -0.05) is 24.3 Å². The number of halogens is 2. The Bertz CT molecular complexity index is 661. The summed E-state index contributed by atoms with van der Waals surface area (Å²) in [7, 11) is 1.55. The van der Waals surface area contributed by atoms with Crippen LogP contribution in [0.1, 0.15) is 11.5 Å². The number of aliphatic hydroxyl groups is 1. The lowest BCUT2D eigenvalue weighted by Gasteiger charge is -2.18. The molecule has 1 atom stereocenters. The van der Waals surface area contributed by atoms with E-state index in [9.17, 15) is 18.7 Å². The molecule has 2 N–H and O–H groups in total. The molecule has 0 aliphatic carbocycles. The minimum absolute atomic E-state index is 0.0595. The molecule has 4 nitrogen and oxygen atoms in total. The second kappa shape index (κ2) is 7.17. The van der Waals surface area contributed by atoms with Gasteiger partial charge in [-0.2, -0.15) is 8.78 Å². The molecule has 0 fully saturated rings. The lowest BCUT2D eigenvalue weighted by molar-refractivity contribution is -0.131. The smallest absolute Gasteiger partial charge is 0.315 e. The number of rotatable bonds is 6. The number of hydrogen-bond acceptors (Lipinski definition) is 3. The lowest BCUT2D eigenvalue weighted by atomic mass is 9.93. The summed E-state index contributed by atoms with van der Waals surface area (Å²) in [5.74, 6) is -1.15. The van der Waals surface area contributed by atoms with Crippen LogP contribution in [0.4, 0.5) is 8.78 Å². The van der Waals surface area contributed by atoms with Crippen LogP contribution in [-0.4, -0.2) is 37.7 Å². The minimum atomic E-state index is -3.06. The number of amides is 1. The highest BCUT2D eigenvalue weighted by molar-refractivity contribution is 5.87. The van der Waals surface area contributed by atoms with Crippen molar-refractivity contribution in [1.82, 2.24) is 5.32 Å². The van der Waals surface area contributed by atoms with E-state index in [2.05, 4.69) is 5.32 Å². The third-order valence-electron chi connectivity index (χ3n) is 3.50. The summed E-state index contributed by atoms with van der Waals surface area (Å²) < 4.78 is 29.7. The molecule has 6 heteroatoms. The zero-order chi connectivity index (χ0) is 16.1. The largest absolute Gasteiger partial charge is 0.497 e. The maximum atomic E-state index is 12.2. The topological polar surface area (TPSA) is 58.6 Å². The summed E-state index contributed by atoms with van der Waals surface area (Å²) in [5.41, 5.74) is 0.772. The van der Waals surface area contributed by atoms with Crippen LogP contribution in [-0.2, 0) is 4.79 Å². The van der Waals surface area contributed by atoms with E-state index >= 15 is 0 Å². The molecule has 0 aliphatic heterocycles. The second-order valence-corrected chi connectivity index (χ2v) is 4.86. The number of hydrogen-bond donors (Lipinski definition) is 2. The molecular formula is C16H17F2NO3. The Kier molecular flexibility index (Phi) is 5.27. The number of methoxy groups -OCH3 is 1. The van der Waals surface area contributed by atoms with Gasteiger partial charge in [-0.25, -0.2) is 0 Å². The van der Waals surface area contributed by atoms with Crippen LogP contribution in [0.5, 0.6) is 5.75 Å². The molecule has 0 saturated heterocycles. The van der Waals surface area contributed by atoms with E-state index in [1.54, 1.807) is 13.2 Å². The van der Waals surface area contributed by atoms with Crippen molar-refractivity contribution in [2.75, 3.05) is 20.3 Å². The Balaban J connectivity index is 2.32. The first kappa shape index (κ1) is 16.2. The fourth-order valence-electron chi connectivity index (χ4n) is 2.33. The van der Waals surface area contributed by atoms with Crippen LogP contribution < -0.4 is 10.1 Å². The Morgan fingerprint density at radius 1 is 1.32 bits per heavy atom. The molecule has 118 valence electrons. The highest BCUT2D eigenvalue weighted by Gasteiger charge is 2.19. The van der Waals surface area contributed by atoms with Gasteiger partial charge in [0.25, 0.3) is 5.91 Å². The number of carbonyl (C=O) groups is 1. The number of aliphatic hydroxyl groups excluding tert-OH is 1. The molecule has 0 heterocycles. The van der Waals surface area contributed by atoms with Gasteiger partial charge in [0.2, 0.25) is 0 Å². The van der Waals surface area contributed by atoms with Crippen LogP contribution in [0.2, 0.25) is 0 Å². The molecule has 1 unspecified atom stereocenters. The maximum absolute atomic E-state index is 12.2. The molecule has 0 aliphatic rings. The Hall–Kier alpha value is -2.21. The third kappa shape index (κ3) is 3.51. The zero-order valence-electron chi connectivity index (χ0n) is 12.1. The normalized spacial score (nSPS) is 12.4. The zero-order valence-corrected chi connectivity index (χ0v) is 12.1. The number of fused-ring (bicyclic) bond motifs is 1. The van der Waals surface area contributed by atoms with Crippen molar-refractivity contribution >= 4 is 16.7 Å². The van der Waals surface area contributed by atoms with Crippen molar-refractivity contribution in [3.63, 3.8) is 0 Å². The molecule has 1 amide bonds. The maximum Gasteiger partial charge on any atom is 0.315 e. The predicted molar refractivity (Wildman–Crippen MR) is 79.3 cm³/mol. The van der Waals surface area contributed by atoms with Crippen LogP contribution in [0.25, 0.3) is 10.8 Å². The van der Waals surface area contributed by atoms with Gasteiger partial charge in [0.1, 0.15) is 5.75 Å². The first-order chi connectivity index (χ1) is 10.6. The van der Waals surface area contributed by atoms with Crippen LogP contribution in [0, 0.1) is 0 Å². The Labute approximate surface area is 126 Å². The third-order valence-corrected chi connectivity index (χ3v) is 3.50. The standard InChI is InChI=1S/C16H17F2NO3/c1-22-12-6-5-10-3-2-4-13(14(10)7-12)11(9-20)8-19-16(21)15(17)18/h2-7,11,15,20H,8-9H2,1H3,(H,19,21). The van der Waals surface area contributed by atoms with E-state index in [4.69, 9.17) is 4.74 Å². The molecule has 0 spiro atoms. The highest BCUT2D eigenvalue weighted by Crippen LogP contribution is 2.28. The monoisotopic (exact) mass is 309 g/mol. The van der Waals surface area contributed by atoms with Gasteiger partial charge in [0.05, 0.1) is 13.7 Å². The SMILES string of the molecule is COc1ccc2cccc(C(CO)CNC(=O)C(F)F)c2c1. The quantitative estimate of drug-likeness (QED) is 0.861.